The topological polar surface area (TPSA) is 76.7 Å². The van der Waals surface area contributed by atoms with Gasteiger partial charge >= 0.3 is 0 Å². The molecule has 2 aromatic rings. The van der Waals surface area contributed by atoms with Gasteiger partial charge in [0.05, 0.1) is 30.1 Å². The molecule has 0 unspecified atom stereocenters. The molecular weight excluding hydrogens is 348 g/mol. The Labute approximate surface area is 155 Å². The lowest BCUT2D eigenvalue weighted by molar-refractivity contribution is -0.198. The number of aliphatic hydroxyl groups is 2. The normalized spacial score (nSPS) is 27.8. The van der Waals surface area contributed by atoms with Crippen LogP contribution in [0.3, 0.4) is 0 Å². The lowest BCUT2D eigenvalue weighted by atomic mass is 10.0. The molecule has 4 atom stereocenters. The molecule has 7 heteroatoms. The van der Waals surface area contributed by atoms with Crippen molar-refractivity contribution in [2.45, 2.75) is 69.9 Å². The summed E-state index contributed by atoms with van der Waals surface area (Å²) in [5.41, 5.74) is 1.83. The van der Waals surface area contributed by atoms with E-state index in [2.05, 4.69) is 38.8 Å². The van der Waals surface area contributed by atoms with Crippen LogP contribution in [0.2, 0.25) is 18.1 Å². The average molecular weight is 379 g/mol. The number of hydrogen-bond donors (Lipinski definition) is 2. The van der Waals surface area contributed by atoms with E-state index >= 15 is 0 Å². The quantitative estimate of drug-likeness (QED) is 0.800. The van der Waals surface area contributed by atoms with Gasteiger partial charge in [-0.2, -0.15) is 0 Å². The van der Waals surface area contributed by atoms with E-state index < -0.39 is 26.6 Å². The van der Waals surface area contributed by atoms with Gasteiger partial charge in [-0.25, -0.2) is 4.98 Å². The smallest absolute Gasteiger partial charge is 0.192 e. The van der Waals surface area contributed by atoms with E-state index in [1.165, 1.54) is 0 Å². The van der Waals surface area contributed by atoms with Crippen LogP contribution >= 0.6 is 0 Å². The summed E-state index contributed by atoms with van der Waals surface area (Å²) in [6, 6.07) is 7.81. The summed E-state index contributed by atoms with van der Waals surface area (Å²) in [4.78, 5) is 4.39. The molecule has 0 amide bonds. The minimum absolute atomic E-state index is 0.0746. The molecule has 144 valence electrons. The maximum atomic E-state index is 10.4. The van der Waals surface area contributed by atoms with Crippen LogP contribution < -0.4 is 0 Å². The number of imidazole rings is 1. The van der Waals surface area contributed by atoms with E-state index in [1.54, 1.807) is 6.33 Å². The van der Waals surface area contributed by atoms with Crippen LogP contribution in [0.4, 0.5) is 0 Å². The first-order valence-corrected chi connectivity index (χ1v) is 12.1. The fraction of sp³-hybridized carbons (Fsp3) is 0.632. The monoisotopic (exact) mass is 378 g/mol. The van der Waals surface area contributed by atoms with E-state index in [9.17, 15) is 10.2 Å². The second-order valence-electron chi connectivity index (χ2n) is 8.63. The summed E-state index contributed by atoms with van der Waals surface area (Å²) >= 11 is 0. The summed E-state index contributed by atoms with van der Waals surface area (Å²) in [5, 5.41) is 20.8. The Hall–Kier alpha value is -1.25. The first-order valence-electron chi connectivity index (χ1n) is 9.17. The number of ether oxygens (including phenoxy) is 1. The number of hydrogen-bond acceptors (Lipinski definition) is 5. The third-order valence-electron chi connectivity index (χ3n) is 5.76. The fourth-order valence-electron chi connectivity index (χ4n) is 2.96. The molecule has 0 saturated carbocycles. The predicted octanol–water partition coefficient (Wildman–Crippen LogP) is 3.07. The number of rotatable bonds is 4. The van der Waals surface area contributed by atoms with Gasteiger partial charge in [-0.1, -0.05) is 32.9 Å². The summed E-state index contributed by atoms with van der Waals surface area (Å²) in [6.45, 7) is 11.1. The van der Waals surface area contributed by atoms with Crippen molar-refractivity contribution in [3.05, 3.63) is 30.6 Å². The Morgan fingerprint density at radius 2 is 1.96 bits per heavy atom. The van der Waals surface area contributed by atoms with Crippen molar-refractivity contribution in [3.8, 4) is 0 Å². The summed E-state index contributed by atoms with van der Waals surface area (Å²) in [5.74, 6) is 0. The van der Waals surface area contributed by atoms with Crippen LogP contribution in [0.1, 0.15) is 33.4 Å². The number of fused-ring (bicyclic) bond motifs is 1. The third kappa shape index (κ3) is 3.72. The van der Waals surface area contributed by atoms with E-state index in [-0.39, 0.29) is 17.9 Å². The molecule has 2 heterocycles. The summed E-state index contributed by atoms with van der Waals surface area (Å²) in [7, 11) is -1.96. The van der Waals surface area contributed by atoms with Gasteiger partial charge in [-0.3, -0.25) is 0 Å². The first kappa shape index (κ1) is 19.5. The minimum Gasteiger partial charge on any atom is -0.414 e. The molecule has 0 spiro atoms. The Balaban J connectivity index is 1.77. The molecule has 26 heavy (non-hydrogen) atoms. The highest BCUT2D eigenvalue weighted by Crippen LogP contribution is 2.37. The molecule has 3 rings (SSSR count). The van der Waals surface area contributed by atoms with E-state index in [1.807, 2.05) is 28.8 Å². The largest absolute Gasteiger partial charge is 0.414 e. The standard InChI is InChI=1S/C19H30N2O4Si/c1-19(2,3)26(4,5)24-11-16-18(23)15(22)10-17(25-16)21-12-20-13-8-6-7-9-14(13)21/h6-9,12,15-18,22-23H,10-11H2,1-5H3/t15-,16+,17+,18-/m1/s1. The predicted molar refractivity (Wildman–Crippen MR) is 103 cm³/mol. The van der Waals surface area contributed by atoms with Gasteiger partial charge in [0.1, 0.15) is 18.4 Å². The minimum atomic E-state index is -1.96. The molecule has 1 aliphatic heterocycles. The van der Waals surface area contributed by atoms with Gasteiger partial charge in [-0.15, -0.1) is 0 Å². The zero-order chi connectivity index (χ0) is 19.1. The van der Waals surface area contributed by atoms with Crippen molar-refractivity contribution in [2.24, 2.45) is 0 Å². The van der Waals surface area contributed by atoms with Gasteiger partial charge in [0.2, 0.25) is 0 Å². The Morgan fingerprint density at radius 3 is 2.65 bits per heavy atom. The van der Waals surface area contributed by atoms with Crippen molar-refractivity contribution in [1.29, 1.82) is 0 Å². The van der Waals surface area contributed by atoms with Crippen LogP contribution in [-0.4, -0.2) is 53.0 Å². The van der Waals surface area contributed by atoms with Crippen LogP contribution in [0.25, 0.3) is 11.0 Å². The number of benzene rings is 1. The number of aromatic nitrogens is 2. The Bertz CT molecular complexity index is 755. The molecule has 1 fully saturated rings. The molecule has 2 N–H and O–H groups in total. The van der Waals surface area contributed by atoms with Crippen molar-refractivity contribution in [3.63, 3.8) is 0 Å². The molecule has 0 radical (unpaired) electrons. The van der Waals surface area contributed by atoms with Gasteiger partial charge in [-0.05, 0) is 30.3 Å². The molecule has 0 bridgehead atoms. The van der Waals surface area contributed by atoms with Crippen LogP contribution in [0.5, 0.6) is 0 Å². The molecule has 1 saturated heterocycles. The second-order valence-corrected chi connectivity index (χ2v) is 13.4. The molecule has 1 aliphatic rings. The van der Waals surface area contributed by atoms with Crippen LogP contribution in [0, 0.1) is 0 Å². The highest BCUT2D eigenvalue weighted by atomic mass is 28.4. The molecule has 1 aromatic carbocycles. The molecule has 0 aliphatic carbocycles. The van der Waals surface area contributed by atoms with Crippen molar-refractivity contribution >= 4 is 19.4 Å². The number of nitrogens with zero attached hydrogens (tertiary/aromatic N) is 2. The second kappa shape index (κ2) is 7.05. The maximum absolute atomic E-state index is 10.4. The molecular formula is C19H30N2O4Si. The lowest BCUT2D eigenvalue weighted by Gasteiger charge is -2.41. The van der Waals surface area contributed by atoms with Crippen LogP contribution in [0.15, 0.2) is 30.6 Å². The van der Waals surface area contributed by atoms with E-state index in [4.69, 9.17) is 9.16 Å². The number of aliphatic hydroxyl groups excluding tert-OH is 2. The first-order chi connectivity index (χ1) is 12.1. The van der Waals surface area contributed by atoms with E-state index in [0.717, 1.165) is 11.0 Å². The number of para-hydroxylation sites is 2. The SMILES string of the molecule is CC(C)(C)[Si](C)(C)OC[C@@H]1O[C@H](n2cnc3ccccc32)C[C@@H](O)[C@H]1O. The van der Waals surface area contributed by atoms with Crippen molar-refractivity contribution in [1.82, 2.24) is 9.55 Å². The fourth-order valence-corrected chi connectivity index (χ4v) is 3.98. The third-order valence-corrected chi connectivity index (χ3v) is 10.3. The van der Waals surface area contributed by atoms with Crippen molar-refractivity contribution < 1.29 is 19.4 Å². The zero-order valence-electron chi connectivity index (χ0n) is 16.2. The highest BCUT2D eigenvalue weighted by Gasteiger charge is 2.42. The zero-order valence-corrected chi connectivity index (χ0v) is 17.2. The van der Waals surface area contributed by atoms with E-state index in [0.29, 0.717) is 6.42 Å². The summed E-state index contributed by atoms with van der Waals surface area (Å²) < 4.78 is 14.3. The molecule has 1 aromatic heterocycles. The lowest BCUT2D eigenvalue weighted by Crippen LogP contribution is -2.51. The van der Waals surface area contributed by atoms with Gasteiger partial charge < -0.3 is 23.9 Å². The highest BCUT2D eigenvalue weighted by molar-refractivity contribution is 6.74. The van der Waals surface area contributed by atoms with Crippen LogP contribution in [-0.2, 0) is 9.16 Å². The Morgan fingerprint density at radius 1 is 1.27 bits per heavy atom. The van der Waals surface area contributed by atoms with Gasteiger partial charge in [0.15, 0.2) is 8.32 Å². The van der Waals surface area contributed by atoms with Gasteiger partial charge in [0, 0.05) is 6.42 Å². The Kier molecular flexibility index (Phi) is 5.29. The average Bonchev–Trinajstić information content (AvgIpc) is 2.99. The molecule has 6 nitrogen and oxygen atoms in total. The summed E-state index contributed by atoms with van der Waals surface area (Å²) in [6.07, 6.45) is -0.717. The van der Waals surface area contributed by atoms with Crippen molar-refractivity contribution in [2.75, 3.05) is 6.61 Å². The van der Waals surface area contributed by atoms with Gasteiger partial charge in [0.25, 0.3) is 0 Å². The maximum Gasteiger partial charge on any atom is 0.192 e.